The molecule has 0 aliphatic carbocycles. The second-order valence-electron chi connectivity index (χ2n) is 3.97. The number of amidine groups is 1. The van der Waals surface area contributed by atoms with Gasteiger partial charge >= 0.3 is 0 Å². The number of nitrogens with two attached hydrogens (primary N) is 1. The van der Waals surface area contributed by atoms with Crippen molar-refractivity contribution < 1.29 is 13.6 Å². The summed E-state index contributed by atoms with van der Waals surface area (Å²) < 4.78 is 25.8. The van der Waals surface area contributed by atoms with Gasteiger partial charge in [-0.25, -0.2) is 8.42 Å². The molecule has 0 bridgehead atoms. The fourth-order valence-corrected chi connectivity index (χ4v) is 2.98. The molecule has 9 heteroatoms. The van der Waals surface area contributed by atoms with Crippen molar-refractivity contribution in [3.63, 3.8) is 0 Å². The van der Waals surface area contributed by atoms with E-state index in [1.807, 2.05) is 0 Å². The highest BCUT2D eigenvalue weighted by Crippen LogP contribution is 2.15. The predicted molar refractivity (Wildman–Crippen MR) is 65.6 cm³/mol. The van der Waals surface area contributed by atoms with Crippen LogP contribution >= 0.6 is 0 Å². The Hall–Kier alpha value is -1.61. The molecule has 0 unspecified atom stereocenters. The van der Waals surface area contributed by atoms with Crippen LogP contribution in [0.1, 0.15) is 20.3 Å². The van der Waals surface area contributed by atoms with Crippen LogP contribution in [0, 0.1) is 0 Å². The normalized spacial score (nSPS) is 13.4. The Morgan fingerprint density at radius 2 is 2.33 bits per heavy atom. The Bertz CT molecular complexity index is 494. The molecule has 1 aromatic rings. The molecule has 1 rings (SSSR count). The van der Waals surface area contributed by atoms with Crippen molar-refractivity contribution >= 4 is 15.9 Å². The highest BCUT2D eigenvalue weighted by Gasteiger charge is 2.27. The summed E-state index contributed by atoms with van der Waals surface area (Å²) >= 11 is 0. The number of oxime groups is 1. The van der Waals surface area contributed by atoms with Crippen LogP contribution in [0.15, 0.2) is 22.4 Å². The molecular weight excluding hydrogens is 258 g/mol. The average Bonchev–Trinajstić information content (AvgIpc) is 2.82. The topological polar surface area (TPSA) is 125 Å². The lowest BCUT2D eigenvalue weighted by Gasteiger charge is -2.24. The van der Waals surface area contributed by atoms with E-state index in [4.69, 9.17) is 10.9 Å². The van der Waals surface area contributed by atoms with E-state index in [2.05, 4.69) is 15.4 Å². The quantitative estimate of drug-likeness (QED) is 0.290. The van der Waals surface area contributed by atoms with Crippen LogP contribution in [0.4, 0.5) is 0 Å². The third-order valence-electron chi connectivity index (χ3n) is 2.35. The minimum absolute atomic E-state index is 0.0135. The Labute approximate surface area is 106 Å². The summed E-state index contributed by atoms with van der Waals surface area (Å²) in [6, 6.07) is 1.14. The van der Waals surface area contributed by atoms with Crippen LogP contribution in [0.5, 0.6) is 0 Å². The lowest BCUT2D eigenvalue weighted by Crippen LogP contribution is -2.39. The largest absolute Gasteiger partial charge is 0.409 e. The minimum atomic E-state index is -3.64. The van der Waals surface area contributed by atoms with E-state index >= 15 is 0 Å². The number of nitrogens with one attached hydrogen (secondary N) is 1. The molecule has 0 atom stereocenters. The van der Waals surface area contributed by atoms with Gasteiger partial charge in [-0.2, -0.15) is 9.40 Å². The van der Waals surface area contributed by atoms with Gasteiger partial charge in [-0.15, -0.1) is 0 Å². The van der Waals surface area contributed by atoms with Gasteiger partial charge in [0.1, 0.15) is 5.84 Å². The summed E-state index contributed by atoms with van der Waals surface area (Å²) in [6.45, 7) is 3.63. The zero-order valence-electron chi connectivity index (χ0n) is 10.2. The van der Waals surface area contributed by atoms with Crippen molar-refractivity contribution in [1.29, 1.82) is 0 Å². The maximum Gasteiger partial charge on any atom is 0.260 e. The van der Waals surface area contributed by atoms with Crippen molar-refractivity contribution in [2.45, 2.75) is 31.3 Å². The highest BCUT2D eigenvalue weighted by atomic mass is 32.2. The maximum atomic E-state index is 12.2. The molecule has 4 N–H and O–H groups in total. The van der Waals surface area contributed by atoms with Crippen molar-refractivity contribution in [1.82, 2.24) is 14.5 Å². The summed E-state index contributed by atoms with van der Waals surface area (Å²) in [6.07, 6.45) is 1.52. The molecule has 1 heterocycles. The lowest BCUT2D eigenvalue weighted by molar-refractivity contribution is 0.313. The average molecular weight is 275 g/mol. The number of nitrogens with zero attached hydrogens (tertiary/aromatic N) is 3. The van der Waals surface area contributed by atoms with Crippen molar-refractivity contribution in [3.8, 4) is 0 Å². The summed E-state index contributed by atoms with van der Waals surface area (Å²) in [7, 11) is -3.64. The number of rotatable bonds is 6. The fraction of sp³-hybridized carbons (Fsp3) is 0.556. The molecule has 0 saturated carbocycles. The lowest BCUT2D eigenvalue weighted by atomic mass is 10.3. The zero-order valence-corrected chi connectivity index (χ0v) is 11.1. The molecule has 0 radical (unpaired) electrons. The number of hydrogen-bond donors (Lipinski definition) is 3. The van der Waals surface area contributed by atoms with Gasteiger partial charge in [-0.05, 0) is 19.9 Å². The van der Waals surface area contributed by atoms with Crippen molar-refractivity contribution in [3.05, 3.63) is 12.3 Å². The molecule has 0 amide bonds. The zero-order chi connectivity index (χ0) is 13.8. The molecule has 0 spiro atoms. The number of H-pyrrole nitrogens is 1. The molecule has 0 aromatic carbocycles. The summed E-state index contributed by atoms with van der Waals surface area (Å²) in [4.78, 5) is 0. The Morgan fingerprint density at radius 1 is 1.67 bits per heavy atom. The second-order valence-corrected chi connectivity index (χ2v) is 5.83. The fourth-order valence-electron chi connectivity index (χ4n) is 1.44. The molecule has 102 valence electrons. The van der Waals surface area contributed by atoms with Gasteiger partial charge in [0, 0.05) is 19.0 Å². The minimum Gasteiger partial charge on any atom is -0.409 e. The molecular formula is C9H17N5O3S. The molecule has 18 heavy (non-hydrogen) atoms. The van der Waals surface area contributed by atoms with Gasteiger partial charge in [0.05, 0.1) is 6.20 Å². The van der Waals surface area contributed by atoms with Crippen LogP contribution in [0.25, 0.3) is 0 Å². The second kappa shape index (κ2) is 5.83. The SMILES string of the molecule is CC(C)N(CCC(N)=NO)S(=O)(=O)c1ccn[nH]1. The van der Waals surface area contributed by atoms with Crippen molar-refractivity contribution in [2.75, 3.05) is 6.54 Å². The smallest absolute Gasteiger partial charge is 0.260 e. The van der Waals surface area contributed by atoms with E-state index in [0.717, 1.165) is 0 Å². The van der Waals surface area contributed by atoms with Crippen LogP contribution in [0.3, 0.4) is 0 Å². The van der Waals surface area contributed by atoms with Crippen LogP contribution in [-0.2, 0) is 10.0 Å². The first kappa shape index (κ1) is 14.5. The van der Waals surface area contributed by atoms with E-state index in [-0.39, 0.29) is 29.9 Å². The first-order valence-corrected chi connectivity index (χ1v) is 6.81. The van der Waals surface area contributed by atoms with Gasteiger partial charge in [-0.1, -0.05) is 5.16 Å². The van der Waals surface area contributed by atoms with E-state index in [1.165, 1.54) is 16.6 Å². The van der Waals surface area contributed by atoms with E-state index in [0.29, 0.717) is 0 Å². The number of aromatic amines is 1. The number of sulfonamides is 1. The van der Waals surface area contributed by atoms with Gasteiger partial charge in [0.15, 0.2) is 5.03 Å². The Balaban J connectivity index is 2.92. The monoisotopic (exact) mass is 275 g/mol. The number of hydrogen-bond acceptors (Lipinski definition) is 5. The van der Waals surface area contributed by atoms with Gasteiger partial charge < -0.3 is 10.9 Å². The first-order valence-electron chi connectivity index (χ1n) is 5.37. The standard InChI is InChI=1S/C9H17N5O3S/c1-7(2)14(6-4-8(10)13-15)18(16,17)9-3-5-11-12-9/h3,5,7,15H,4,6H2,1-2H3,(H2,10,13)(H,11,12). The van der Waals surface area contributed by atoms with Crippen LogP contribution in [-0.4, -0.2) is 46.5 Å². The molecule has 0 fully saturated rings. The Kier molecular flexibility index (Phi) is 4.68. The first-order chi connectivity index (χ1) is 8.39. The van der Waals surface area contributed by atoms with E-state index in [1.54, 1.807) is 13.8 Å². The van der Waals surface area contributed by atoms with E-state index in [9.17, 15) is 8.42 Å². The van der Waals surface area contributed by atoms with Crippen LogP contribution in [0.2, 0.25) is 0 Å². The Morgan fingerprint density at radius 3 is 2.78 bits per heavy atom. The van der Waals surface area contributed by atoms with E-state index < -0.39 is 10.0 Å². The highest BCUT2D eigenvalue weighted by molar-refractivity contribution is 7.89. The third kappa shape index (κ3) is 3.20. The van der Waals surface area contributed by atoms with Gasteiger partial charge in [0.2, 0.25) is 0 Å². The third-order valence-corrected chi connectivity index (χ3v) is 4.36. The molecule has 0 aliphatic rings. The van der Waals surface area contributed by atoms with Crippen molar-refractivity contribution in [2.24, 2.45) is 10.9 Å². The molecule has 1 aromatic heterocycles. The summed E-state index contributed by atoms with van der Waals surface area (Å²) in [5.74, 6) is -0.0135. The molecule has 0 aliphatic heterocycles. The molecule has 8 nitrogen and oxygen atoms in total. The summed E-state index contributed by atoms with van der Waals surface area (Å²) in [5, 5.41) is 17.3. The number of aromatic nitrogens is 2. The maximum absolute atomic E-state index is 12.2. The summed E-state index contributed by atoms with van der Waals surface area (Å²) in [5.41, 5.74) is 5.34. The van der Waals surface area contributed by atoms with Gasteiger partial charge in [0.25, 0.3) is 10.0 Å². The molecule has 0 saturated heterocycles. The predicted octanol–water partition coefficient (Wildman–Crippen LogP) is -0.0547. The van der Waals surface area contributed by atoms with Crippen LogP contribution < -0.4 is 5.73 Å². The van der Waals surface area contributed by atoms with Gasteiger partial charge in [-0.3, -0.25) is 5.10 Å².